The van der Waals surface area contributed by atoms with Crippen molar-refractivity contribution >= 4 is 17.6 Å². The molecule has 8 heteroatoms. The number of aryl methyl sites for hydroxylation is 1. The Morgan fingerprint density at radius 1 is 1.19 bits per heavy atom. The highest BCUT2D eigenvalue weighted by Gasteiger charge is 2.24. The van der Waals surface area contributed by atoms with E-state index in [1.165, 1.54) is 6.92 Å². The molecule has 1 N–H and O–H groups in total. The van der Waals surface area contributed by atoms with Crippen LogP contribution >= 0.6 is 0 Å². The van der Waals surface area contributed by atoms with Crippen molar-refractivity contribution in [3.05, 3.63) is 52.6 Å². The van der Waals surface area contributed by atoms with Crippen LogP contribution in [-0.2, 0) is 16.1 Å². The van der Waals surface area contributed by atoms with Crippen molar-refractivity contribution in [3.8, 4) is 0 Å². The Kier molecular flexibility index (Phi) is 5.74. The number of anilines is 1. The summed E-state index contributed by atoms with van der Waals surface area (Å²) in [5.41, 5.74) is 1.36. The standard InChI is InChI=1S/C18H19F3N2O3/c1-5-23-9(2)8-12(10(23)3)18(25)26-11(4)17(24)22-14-7-6-13(19)15(20)16(14)21/h6-8,11H,5H2,1-4H3,(H,22,24)/t11-/m1/s1. The number of hydrogen-bond donors (Lipinski definition) is 1. The summed E-state index contributed by atoms with van der Waals surface area (Å²) in [6, 6.07) is 3.22. The Hall–Kier alpha value is -2.77. The summed E-state index contributed by atoms with van der Waals surface area (Å²) >= 11 is 0. The Morgan fingerprint density at radius 2 is 1.85 bits per heavy atom. The number of aromatic nitrogens is 1. The number of hydrogen-bond acceptors (Lipinski definition) is 3. The van der Waals surface area contributed by atoms with E-state index < -0.39 is 41.1 Å². The zero-order valence-electron chi connectivity index (χ0n) is 14.8. The van der Waals surface area contributed by atoms with Crippen LogP contribution in [0.25, 0.3) is 0 Å². The average molecular weight is 368 g/mol. The molecule has 1 aromatic heterocycles. The first-order valence-corrected chi connectivity index (χ1v) is 7.99. The second kappa shape index (κ2) is 7.63. The summed E-state index contributed by atoms with van der Waals surface area (Å²) in [5, 5.41) is 2.07. The maximum atomic E-state index is 13.6. The molecule has 0 radical (unpaired) electrons. The largest absolute Gasteiger partial charge is 0.449 e. The number of carbonyl (C=O) groups is 2. The summed E-state index contributed by atoms with van der Waals surface area (Å²) in [6.45, 7) is 7.51. The van der Waals surface area contributed by atoms with E-state index in [1.54, 1.807) is 13.0 Å². The van der Waals surface area contributed by atoms with Gasteiger partial charge in [-0.2, -0.15) is 0 Å². The fourth-order valence-electron chi connectivity index (χ4n) is 2.63. The summed E-state index contributed by atoms with van der Waals surface area (Å²) < 4.78 is 46.8. The van der Waals surface area contributed by atoms with Gasteiger partial charge in [0.1, 0.15) is 0 Å². The van der Waals surface area contributed by atoms with Crippen LogP contribution in [0.1, 0.15) is 35.6 Å². The van der Waals surface area contributed by atoms with Crippen molar-refractivity contribution in [1.82, 2.24) is 4.57 Å². The molecule has 0 unspecified atom stereocenters. The van der Waals surface area contributed by atoms with Gasteiger partial charge in [-0.25, -0.2) is 18.0 Å². The van der Waals surface area contributed by atoms with Gasteiger partial charge in [0.2, 0.25) is 0 Å². The Labute approximate surface area is 148 Å². The molecule has 0 aliphatic rings. The average Bonchev–Trinajstić information content (AvgIpc) is 2.89. The van der Waals surface area contributed by atoms with Gasteiger partial charge < -0.3 is 14.6 Å². The molecule has 1 atom stereocenters. The summed E-state index contributed by atoms with van der Waals surface area (Å²) in [6.07, 6.45) is -1.26. The van der Waals surface area contributed by atoms with Crippen molar-refractivity contribution < 1.29 is 27.5 Å². The van der Waals surface area contributed by atoms with Crippen molar-refractivity contribution in [1.29, 1.82) is 0 Å². The van der Waals surface area contributed by atoms with Gasteiger partial charge in [0, 0.05) is 17.9 Å². The minimum atomic E-state index is -1.69. The molecule has 2 aromatic rings. The smallest absolute Gasteiger partial charge is 0.340 e. The van der Waals surface area contributed by atoms with Crippen molar-refractivity contribution in [3.63, 3.8) is 0 Å². The van der Waals surface area contributed by atoms with Crippen molar-refractivity contribution in [2.45, 2.75) is 40.3 Å². The second-order valence-electron chi connectivity index (χ2n) is 5.79. The molecule has 140 valence electrons. The number of amides is 1. The Morgan fingerprint density at radius 3 is 2.42 bits per heavy atom. The number of esters is 1. The number of benzene rings is 1. The molecular weight excluding hydrogens is 349 g/mol. The number of carbonyl (C=O) groups excluding carboxylic acids is 2. The van der Waals surface area contributed by atoms with E-state index in [4.69, 9.17) is 4.74 Å². The molecule has 0 fully saturated rings. The minimum Gasteiger partial charge on any atom is -0.449 e. The Balaban J connectivity index is 2.10. The maximum Gasteiger partial charge on any atom is 0.340 e. The first-order valence-electron chi connectivity index (χ1n) is 7.99. The normalized spacial score (nSPS) is 12.0. The van der Waals surface area contributed by atoms with Crippen molar-refractivity contribution in [2.75, 3.05) is 5.32 Å². The number of nitrogens with zero attached hydrogens (tertiary/aromatic N) is 1. The molecular formula is C18H19F3N2O3. The number of nitrogens with one attached hydrogen (secondary N) is 1. The fourth-order valence-corrected chi connectivity index (χ4v) is 2.63. The molecule has 26 heavy (non-hydrogen) atoms. The molecule has 5 nitrogen and oxygen atoms in total. The van der Waals surface area contributed by atoms with E-state index in [2.05, 4.69) is 5.32 Å². The molecule has 0 saturated heterocycles. The number of rotatable bonds is 5. The van der Waals surface area contributed by atoms with E-state index >= 15 is 0 Å². The Bertz CT molecular complexity index is 862. The number of ether oxygens (including phenoxy) is 1. The van der Waals surface area contributed by atoms with E-state index in [0.717, 1.165) is 11.8 Å². The second-order valence-corrected chi connectivity index (χ2v) is 5.79. The zero-order chi connectivity index (χ0) is 19.6. The molecule has 1 heterocycles. The first-order chi connectivity index (χ1) is 12.2. The SMILES string of the molecule is CCn1c(C)cc(C(=O)O[C@H](C)C(=O)Nc2ccc(F)c(F)c2F)c1C. The molecule has 0 spiro atoms. The van der Waals surface area contributed by atoms with Gasteiger partial charge in [0.05, 0.1) is 11.3 Å². The van der Waals surface area contributed by atoms with Crippen LogP contribution in [0.4, 0.5) is 18.9 Å². The van der Waals surface area contributed by atoms with Crippen LogP contribution in [-0.4, -0.2) is 22.5 Å². The lowest BCUT2D eigenvalue weighted by molar-refractivity contribution is -0.123. The highest BCUT2D eigenvalue weighted by atomic mass is 19.2. The van der Waals surface area contributed by atoms with Crippen LogP contribution in [0, 0.1) is 31.3 Å². The quantitative estimate of drug-likeness (QED) is 0.646. The van der Waals surface area contributed by atoms with Gasteiger partial charge in [0.15, 0.2) is 23.6 Å². The van der Waals surface area contributed by atoms with Crippen LogP contribution in [0.3, 0.4) is 0 Å². The monoisotopic (exact) mass is 368 g/mol. The third kappa shape index (κ3) is 3.74. The molecule has 1 amide bonds. The first kappa shape index (κ1) is 19.6. The highest BCUT2D eigenvalue weighted by molar-refractivity contribution is 5.97. The molecule has 0 saturated carbocycles. The molecule has 0 aliphatic carbocycles. The maximum absolute atomic E-state index is 13.6. The van der Waals surface area contributed by atoms with Gasteiger partial charge in [-0.05, 0) is 45.9 Å². The van der Waals surface area contributed by atoms with Gasteiger partial charge in [-0.1, -0.05) is 0 Å². The third-order valence-corrected chi connectivity index (χ3v) is 4.06. The molecule has 2 rings (SSSR count). The predicted octanol–water partition coefficient (Wildman–Crippen LogP) is 3.73. The predicted molar refractivity (Wildman–Crippen MR) is 89.4 cm³/mol. The number of halogens is 3. The molecule has 1 aromatic carbocycles. The van der Waals surface area contributed by atoms with Crippen molar-refractivity contribution in [2.24, 2.45) is 0 Å². The molecule has 0 aliphatic heterocycles. The topological polar surface area (TPSA) is 60.3 Å². The summed E-state index contributed by atoms with van der Waals surface area (Å²) in [5.74, 6) is -6.16. The lowest BCUT2D eigenvalue weighted by Gasteiger charge is -2.14. The highest BCUT2D eigenvalue weighted by Crippen LogP contribution is 2.21. The lowest BCUT2D eigenvalue weighted by Crippen LogP contribution is -2.30. The minimum absolute atomic E-state index is 0.322. The molecule has 0 bridgehead atoms. The van der Waals surface area contributed by atoms with Gasteiger partial charge in [-0.15, -0.1) is 0 Å². The van der Waals surface area contributed by atoms with Crippen LogP contribution in [0.2, 0.25) is 0 Å². The van der Waals surface area contributed by atoms with E-state index in [1.807, 2.05) is 18.4 Å². The third-order valence-electron chi connectivity index (χ3n) is 4.06. The van der Waals surface area contributed by atoms with Gasteiger partial charge in [-0.3, -0.25) is 4.79 Å². The fraction of sp³-hybridized carbons (Fsp3) is 0.333. The summed E-state index contributed by atoms with van der Waals surface area (Å²) in [4.78, 5) is 24.3. The zero-order valence-corrected chi connectivity index (χ0v) is 14.8. The lowest BCUT2D eigenvalue weighted by atomic mass is 10.2. The van der Waals surface area contributed by atoms with Crippen LogP contribution < -0.4 is 5.32 Å². The van der Waals surface area contributed by atoms with Crippen LogP contribution in [0.5, 0.6) is 0 Å². The van der Waals surface area contributed by atoms with Gasteiger partial charge in [0.25, 0.3) is 5.91 Å². The van der Waals surface area contributed by atoms with E-state index in [9.17, 15) is 22.8 Å². The van der Waals surface area contributed by atoms with Gasteiger partial charge >= 0.3 is 5.97 Å². The summed E-state index contributed by atoms with van der Waals surface area (Å²) in [7, 11) is 0. The van der Waals surface area contributed by atoms with E-state index in [-0.39, 0.29) is 0 Å². The van der Waals surface area contributed by atoms with Crippen LogP contribution in [0.15, 0.2) is 18.2 Å². The van der Waals surface area contributed by atoms with E-state index in [0.29, 0.717) is 23.9 Å².